The van der Waals surface area contributed by atoms with Crippen molar-refractivity contribution in [2.45, 2.75) is 275 Å². The second kappa shape index (κ2) is 37.5. The Balaban J connectivity index is 1.97. The van der Waals surface area contributed by atoms with Crippen LogP contribution in [-0.4, -0.2) is 87.5 Å². The first-order valence-electron chi connectivity index (χ1n) is 23.7. The summed E-state index contributed by atoms with van der Waals surface area (Å²) in [6.45, 7) is 3.61. The van der Waals surface area contributed by atoms with Crippen molar-refractivity contribution in [3.05, 3.63) is 0 Å². The lowest BCUT2D eigenvalue weighted by Crippen LogP contribution is -2.60. The summed E-state index contributed by atoms with van der Waals surface area (Å²) >= 11 is 0. The van der Waals surface area contributed by atoms with E-state index < -0.39 is 49.5 Å². The molecule has 0 aliphatic carbocycles. The number of unbranched alkanes of at least 4 members (excludes halogenated alkanes) is 30. The van der Waals surface area contributed by atoms with Crippen LogP contribution in [0.1, 0.15) is 232 Å². The molecule has 9 nitrogen and oxygen atoms in total. The Morgan fingerprint density at radius 3 is 1.27 bits per heavy atom. The minimum absolute atomic E-state index is 0.138. The van der Waals surface area contributed by atoms with Crippen molar-refractivity contribution in [3.8, 4) is 0 Å². The molecule has 0 aromatic carbocycles. The molecule has 6 N–H and O–H groups in total. The summed E-state index contributed by atoms with van der Waals surface area (Å²) in [5, 5.41) is 53.6. The van der Waals surface area contributed by atoms with Crippen LogP contribution in [0.15, 0.2) is 0 Å². The van der Waals surface area contributed by atoms with Crippen LogP contribution in [0.25, 0.3) is 0 Å². The molecule has 0 saturated carbocycles. The number of amides is 1. The number of rotatable bonds is 40. The molecule has 0 aromatic rings. The van der Waals surface area contributed by atoms with Gasteiger partial charge < -0.3 is 40.3 Å². The van der Waals surface area contributed by atoms with E-state index in [0.717, 1.165) is 32.1 Å². The molecule has 0 bridgehead atoms. The van der Waals surface area contributed by atoms with Crippen molar-refractivity contribution in [1.29, 1.82) is 0 Å². The van der Waals surface area contributed by atoms with Crippen molar-refractivity contribution in [1.82, 2.24) is 5.32 Å². The molecule has 7 atom stereocenters. The molecule has 1 aliphatic rings. The van der Waals surface area contributed by atoms with Gasteiger partial charge in [-0.1, -0.05) is 213 Å². The summed E-state index contributed by atoms with van der Waals surface area (Å²) in [6.07, 6.45) is 35.6. The molecule has 0 radical (unpaired) electrons. The van der Waals surface area contributed by atoms with Crippen molar-refractivity contribution < 1.29 is 39.8 Å². The zero-order valence-electron chi connectivity index (χ0n) is 36.0. The largest absolute Gasteiger partial charge is 0.394 e. The minimum atomic E-state index is -1.54. The SMILES string of the molecule is CCCCCCCCCCCCCCCCCCCCCCCCCCCCCCCCC(O)C(COC1OC(CO)C(O)C(O)C1O)NC(=O)CCCC. The van der Waals surface area contributed by atoms with Crippen LogP contribution >= 0.6 is 0 Å². The van der Waals surface area contributed by atoms with Gasteiger partial charge >= 0.3 is 0 Å². The number of hydrogen-bond donors (Lipinski definition) is 6. The van der Waals surface area contributed by atoms with Gasteiger partial charge in [-0.05, 0) is 12.8 Å². The molecule has 7 unspecified atom stereocenters. The van der Waals surface area contributed by atoms with Gasteiger partial charge in [-0.3, -0.25) is 4.79 Å². The van der Waals surface area contributed by atoms with Gasteiger partial charge in [0.25, 0.3) is 0 Å². The van der Waals surface area contributed by atoms with Gasteiger partial charge in [0.15, 0.2) is 6.29 Å². The highest BCUT2D eigenvalue weighted by atomic mass is 16.7. The molecule has 1 fully saturated rings. The molecule has 1 aliphatic heterocycles. The van der Waals surface area contributed by atoms with Gasteiger partial charge in [0.05, 0.1) is 25.4 Å². The van der Waals surface area contributed by atoms with Crippen LogP contribution in [0, 0.1) is 0 Å². The third-order valence-corrected chi connectivity index (χ3v) is 11.7. The van der Waals surface area contributed by atoms with E-state index in [4.69, 9.17) is 9.47 Å². The highest BCUT2D eigenvalue weighted by molar-refractivity contribution is 5.76. The van der Waals surface area contributed by atoms with Gasteiger partial charge in [0, 0.05) is 6.42 Å². The van der Waals surface area contributed by atoms with Crippen molar-refractivity contribution in [2.75, 3.05) is 13.2 Å². The van der Waals surface area contributed by atoms with Crippen LogP contribution in [0.2, 0.25) is 0 Å². The first-order chi connectivity index (χ1) is 26.8. The number of carbonyl (C=O) groups is 1. The molecule has 1 rings (SSSR count). The Hall–Kier alpha value is -0.810. The highest BCUT2D eigenvalue weighted by Gasteiger charge is 2.44. The average molecular weight is 786 g/mol. The maximum absolute atomic E-state index is 12.5. The summed E-state index contributed by atoms with van der Waals surface area (Å²) < 4.78 is 11.1. The number of ether oxygens (including phenoxy) is 2. The van der Waals surface area contributed by atoms with Crippen molar-refractivity contribution in [2.24, 2.45) is 0 Å². The number of carbonyl (C=O) groups excluding carboxylic acids is 1. The number of aliphatic hydroxyl groups is 5. The van der Waals surface area contributed by atoms with Gasteiger partial charge in [-0.2, -0.15) is 0 Å². The fraction of sp³-hybridized carbons (Fsp3) is 0.978. The summed E-state index contributed by atoms with van der Waals surface area (Å²) in [5.74, 6) is -0.177. The van der Waals surface area contributed by atoms with Crippen molar-refractivity contribution in [3.63, 3.8) is 0 Å². The Kier molecular flexibility index (Phi) is 35.6. The van der Waals surface area contributed by atoms with E-state index in [0.29, 0.717) is 12.8 Å². The monoisotopic (exact) mass is 786 g/mol. The van der Waals surface area contributed by atoms with E-state index in [1.165, 1.54) is 173 Å². The lowest BCUT2D eigenvalue weighted by atomic mass is 9.99. The van der Waals surface area contributed by atoms with Crippen LogP contribution in [-0.2, 0) is 14.3 Å². The van der Waals surface area contributed by atoms with E-state index in [1.54, 1.807) is 0 Å². The summed E-state index contributed by atoms with van der Waals surface area (Å²) in [7, 11) is 0. The molecule has 328 valence electrons. The first-order valence-corrected chi connectivity index (χ1v) is 23.7. The maximum atomic E-state index is 12.5. The maximum Gasteiger partial charge on any atom is 0.220 e. The number of aliphatic hydroxyl groups excluding tert-OH is 5. The van der Waals surface area contributed by atoms with Crippen LogP contribution in [0.3, 0.4) is 0 Å². The Morgan fingerprint density at radius 1 is 0.545 bits per heavy atom. The van der Waals surface area contributed by atoms with E-state index in [1.807, 2.05) is 6.92 Å². The van der Waals surface area contributed by atoms with Gasteiger partial charge in [-0.25, -0.2) is 0 Å². The molecule has 1 amide bonds. The smallest absolute Gasteiger partial charge is 0.220 e. The zero-order chi connectivity index (χ0) is 40.2. The third kappa shape index (κ3) is 28.3. The predicted molar refractivity (Wildman–Crippen MR) is 226 cm³/mol. The lowest BCUT2D eigenvalue weighted by molar-refractivity contribution is -0.302. The molecule has 9 heteroatoms. The molecule has 1 heterocycles. The van der Waals surface area contributed by atoms with E-state index in [9.17, 15) is 30.3 Å². The molecular formula is C46H91NO8. The van der Waals surface area contributed by atoms with E-state index in [2.05, 4.69) is 12.2 Å². The molecule has 55 heavy (non-hydrogen) atoms. The topological polar surface area (TPSA) is 149 Å². The van der Waals surface area contributed by atoms with E-state index in [-0.39, 0.29) is 12.5 Å². The Labute approximate surface area is 338 Å². The molecule has 0 spiro atoms. The fourth-order valence-corrected chi connectivity index (χ4v) is 7.85. The quantitative estimate of drug-likeness (QED) is 0.0337. The average Bonchev–Trinajstić information content (AvgIpc) is 3.19. The first kappa shape index (κ1) is 52.2. The van der Waals surface area contributed by atoms with Crippen LogP contribution < -0.4 is 5.32 Å². The van der Waals surface area contributed by atoms with Crippen LogP contribution in [0.4, 0.5) is 0 Å². The summed E-state index contributed by atoms with van der Waals surface area (Å²) in [4.78, 5) is 12.5. The zero-order valence-corrected chi connectivity index (χ0v) is 36.0. The molecule has 0 aromatic heterocycles. The van der Waals surface area contributed by atoms with Gasteiger partial charge in [0.1, 0.15) is 24.4 Å². The number of nitrogens with one attached hydrogen (secondary N) is 1. The fourth-order valence-electron chi connectivity index (χ4n) is 7.85. The highest BCUT2D eigenvalue weighted by Crippen LogP contribution is 2.23. The minimum Gasteiger partial charge on any atom is -0.394 e. The van der Waals surface area contributed by atoms with Crippen molar-refractivity contribution >= 4 is 5.91 Å². The van der Waals surface area contributed by atoms with Gasteiger partial charge in [0.2, 0.25) is 5.91 Å². The summed E-state index contributed by atoms with van der Waals surface area (Å²) in [5.41, 5.74) is 0. The van der Waals surface area contributed by atoms with Crippen LogP contribution in [0.5, 0.6) is 0 Å². The second-order valence-electron chi connectivity index (χ2n) is 16.9. The van der Waals surface area contributed by atoms with Gasteiger partial charge in [-0.15, -0.1) is 0 Å². The summed E-state index contributed by atoms with van der Waals surface area (Å²) in [6, 6.07) is -0.708. The Morgan fingerprint density at radius 2 is 0.909 bits per heavy atom. The lowest BCUT2D eigenvalue weighted by Gasteiger charge is -2.40. The molecular weight excluding hydrogens is 695 g/mol. The van der Waals surface area contributed by atoms with E-state index >= 15 is 0 Å². The number of hydrogen-bond acceptors (Lipinski definition) is 8. The molecule has 1 saturated heterocycles. The normalized spacial score (nSPS) is 21.2. The standard InChI is InChI=1S/C46H91NO8/c1-3-5-7-8-9-10-11-12-13-14-15-16-17-18-19-20-21-22-23-24-25-26-27-28-29-30-31-32-33-34-35-40(49)39(47-42(50)36-6-4-2)38-54-46-45(53)44(52)43(51)41(37-48)55-46/h39-41,43-46,48-49,51-53H,3-38H2,1-2H3,(H,47,50). The third-order valence-electron chi connectivity index (χ3n) is 11.7. The predicted octanol–water partition coefficient (Wildman–Crippen LogP) is 9.95. The second-order valence-corrected chi connectivity index (χ2v) is 16.9. The Bertz CT molecular complexity index is 832.